The molecule has 0 radical (unpaired) electrons. The zero-order chi connectivity index (χ0) is 56.0. The van der Waals surface area contributed by atoms with Crippen molar-refractivity contribution in [2.75, 3.05) is 0 Å². The summed E-state index contributed by atoms with van der Waals surface area (Å²) in [6.07, 6.45) is 16.9. The Hall–Kier alpha value is -10.7. The van der Waals surface area contributed by atoms with Crippen LogP contribution >= 0.6 is 0 Å². The molecular formula is C81H52N4. The molecule has 4 heteroatoms. The lowest BCUT2D eigenvalue weighted by Gasteiger charge is -2.40. The quantitative estimate of drug-likeness (QED) is 0.166. The highest BCUT2D eigenvalue weighted by Gasteiger charge is 2.61. The number of hydrogen-bond donors (Lipinski definition) is 0. The first kappa shape index (κ1) is 47.9. The average Bonchev–Trinajstić information content (AvgIpc) is 1.54. The van der Waals surface area contributed by atoms with Gasteiger partial charge >= 0.3 is 0 Å². The van der Waals surface area contributed by atoms with Gasteiger partial charge in [0.15, 0.2) is 0 Å². The van der Waals surface area contributed by atoms with Crippen LogP contribution in [0.25, 0.3) is 111 Å². The summed E-state index contributed by atoms with van der Waals surface area (Å²) in [6.45, 7) is 2.45. The Balaban J connectivity index is 0.904. The molecule has 3 aromatic heterocycles. The van der Waals surface area contributed by atoms with Crippen molar-refractivity contribution >= 4 is 11.0 Å². The molecule has 5 aliphatic rings. The number of pyridine rings is 2. The fourth-order valence-electron chi connectivity index (χ4n) is 16.1. The Bertz CT molecular complexity index is 4960. The molecule has 0 fully saturated rings. The van der Waals surface area contributed by atoms with Crippen molar-refractivity contribution in [3.05, 3.63) is 336 Å². The highest BCUT2D eigenvalue weighted by molar-refractivity contribution is 6.01. The van der Waals surface area contributed by atoms with Gasteiger partial charge in [0.05, 0.1) is 33.3 Å². The molecule has 0 saturated heterocycles. The second kappa shape index (κ2) is 17.9. The van der Waals surface area contributed by atoms with Crippen LogP contribution in [0.2, 0.25) is 0 Å². The van der Waals surface area contributed by atoms with Gasteiger partial charge in [-0.1, -0.05) is 237 Å². The Morgan fingerprint density at radius 1 is 0.306 bits per heavy atom. The van der Waals surface area contributed by atoms with E-state index in [1.54, 1.807) is 0 Å². The molecule has 3 atom stereocenters. The molecule has 18 rings (SSSR count). The molecule has 13 aromatic rings. The van der Waals surface area contributed by atoms with Gasteiger partial charge in [-0.2, -0.15) is 0 Å². The Morgan fingerprint density at radius 3 is 1.22 bits per heavy atom. The van der Waals surface area contributed by atoms with E-state index in [4.69, 9.17) is 9.97 Å². The predicted octanol–water partition coefficient (Wildman–Crippen LogP) is 19.1. The first-order chi connectivity index (χ1) is 42.0. The van der Waals surface area contributed by atoms with Gasteiger partial charge < -0.3 is 0 Å². The van der Waals surface area contributed by atoms with E-state index in [0.717, 1.165) is 78.1 Å². The molecule has 5 aliphatic carbocycles. The second-order valence-corrected chi connectivity index (χ2v) is 23.8. The topological polar surface area (TPSA) is 51.6 Å². The molecule has 3 heterocycles. The Kier molecular flexibility index (Phi) is 10.1. The first-order valence-electron chi connectivity index (χ1n) is 29.5. The largest absolute Gasteiger partial charge is 0.264 e. The molecule has 0 amide bonds. The van der Waals surface area contributed by atoms with Crippen LogP contribution in [0.4, 0.5) is 0 Å². The van der Waals surface area contributed by atoms with Gasteiger partial charge in [0, 0.05) is 47.2 Å². The van der Waals surface area contributed by atoms with Gasteiger partial charge in [-0.05, 0) is 159 Å². The number of nitrogens with zero attached hydrogens (tertiary/aromatic N) is 4. The lowest BCUT2D eigenvalue weighted by molar-refractivity contribution is 0.372. The van der Waals surface area contributed by atoms with Crippen LogP contribution in [0, 0.1) is 5.92 Å². The molecule has 0 N–H and O–H groups in total. The summed E-state index contributed by atoms with van der Waals surface area (Å²) in [6, 6.07) is 90.5. The maximum Gasteiger partial charge on any atom is 0.0973 e. The van der Waals surface area contributed by atoms with E-state index < -0.39 is 10.8 Å². The van der Waals surface area contributed by atoms with Crippen molar-refractivity contribution in [1.29, 1.82) is 0 Å². The minimum atomic E-state index is -0.515. The fourth-order valence-corrected chi connectivity index (χ4v) is 16.1. The predicted molar refractivity (Wildman–Crippen MR) is 345 cm³/mol. The van der Waals surface area contributed by atoms with Gasteiger partial charge in [-0.3, -0.25) is 9.97 Å². The molecule has 85 heavy (non-hydrogen) atoms. The third kappa shape index (κ3) is 6.57. The van der Waals surface area contributed by atoms with E-state index in [1.165, 1.54) is 77.9 Å². The van der Waals surface area contributed by atoms with Crippen molar-refractivity contribution < 1.29 is 0 Å². The summed E-state index contributed by atoms with van der Waals surface area (Å²) in [7, 11) is 0. The maximum atomic E-state index is 5.79. The highest BCUT2D eigenvalue weighted by atomic mass is 14.8. The van der Waals surface area contributed by atoms with E-state index in [-0.39, 0.29) is 11.3 Å². The molecule has 2 spiro atoms. The number of fused-ring (bicyclic) bond motifs is 21. The van der Waals surface area contributed by atoms with Gasteiger partial charge in [0.2, 0.25) is 0 Å². The molecular weight excluding hydrogens is 1030 g/mol. The SMILES string of the molecule is CC12C=CC=CC1C1(c3ccccc3-c3ccc(-c4cc5nc(-c6ccc(-c7cccnc7)cc6)c(-c6ccc(-c7cccnc7)cc6)nc5cc4-c4ccc5c(c4)C4(c6ccccc6-c6ccccc64)c4ccccc4-5)cc31)c1ccccc12. The van der Waals surface area contributed by atoms with Crippen LogP contribution in [0.3, 0.4) is 0 Å². The van der Waals surface area contributed by atoms with Crippen molar-refractivity contribution in [3.63, 3.8) is 0 Å². The zero-order valence-corrected chi connectivity index (χ0v) is 46.6. The van der Waals surface area contributed by atoms with Crippen LogP contribution in [0.15, 0.2) is 292 Å². The molecule has 4 nitrogen and oxygen atoms in total. The zero-order valence-electron chi connectivity index (χ0n) is 46.6. The summed E-state index contributed by atoms with van der Waals surface area (Å²) in [5, 5.41) is 0. The molecule has 0 bridgehead atoms. The summed E-state index contributed by atoms with van der Waals surface area (Å²) in [5.41, 5.74) is 31.3. The van der Waals surface area contributed by atoms with Crippen LogP contribution in [-0.4, -0.2) is 19.9 Å². The standard InChI is InChI=1S/C81H52N4/c1-79-41-13-12-28-76(79)81(71-27-11-10-26-70(71)79)69-25-9-5-21-61(69)63-40-38-55(45-73(63)81)65-47-75-74(84-77(52-33-29-50(30-34-52)56-16-14-42-82-48-56)78(85-75)53-35-31-51(32-36-53)57-17-15-43-83-49-57)46-64(65)54-37-39-62-60-20-4-8-24-68(60)80(72(62)44-54)66-22-6-2-18-58(66)59-19-3-7-23-67(59)80/h2-49,76H,1H3. The molecule has 396 valence electrons. The van der Waals surface area contributed by atoms with Gasteiger partial charge in [-0.25, -0.2) is 9.97 Å². The van der Waals surface area contributed by atoms with Crippen molar-refractivity contribution in [3.8, 4) is 100 Å². The molecule has 3 unspecified atom stereocenters. The monoisotopic (exact) mass is 1080 g/mol. The highest BCUT2D eigenvalue weighted by Crippen LogP contribution is 2.68. The third-order valence-corrected chi connectivity index (χ3v) is 19.7. The number of benzene rings is 10. The molecule has 0 saturated carbocycles. The van der Waals surface area contributed by atoms with Crippen LogP contribution in [0.1, 0.15) is 51.4 Å². The van der Waals surface area contributed by atoms with E-state index >= 15 is 0 Å². The summed E-state index contributed by atoms with van der Waals surface area (Å²) in [5.74, 6) is 0.151. The van der Waals surface area contributed by atoms with Crippen LogP contribution in [-0.2, 0) is 16.2 Å². The lowest BCUT2D eigenvalue weighted by Crippen LogP contribution is -2.38. The summed E-state index contributed by atoms with van der Waals surface area (Å²) < 4.78 is 0. The van der Waals surface area contributed by atoms with Crippen LogP contribution < -0.4 is 0 Å². The second-order valence-electron chi connectivity index (χ2n) is 23.8. The Labute approximate surface area is 493 Å². The van der Waals surface area contributed by atoms with Gasteiger partial charge in [0.1, 0.15) is 0 Å². The van der Waals surface area contributed by atoms with E-state index in [9.17, 15) is 0 Å². The third-order valence-electron chi connectivity index (χ3n) is 19.7. The molecule has 10 aromatic carbocycles. The number of hydrogen-bond acceptors (Lipinski definition) is 4. The Morgan fingerprint density at radius 2 is 0.718 bits per heavy atom. The lowest BCUT2D eigenvalue weighted by atomic mass is 9.61. The first-order valence-corrected chi connectivity index (χ1v) is 29.5. The van der Waals surface area contributed by atoms with Gasteiger partial charge in [-0.15, -0.1) is 0 Å². The van der Waals surface area contributed by atoms with Crippen molar-refractivity contribution in [1.82, 2.24) is 19.9 Å². The smallest absolute Gasteiger partial charge is 0.0973 e. The van der Waals surface area contributed by atoms with Crippen LogP contribution in [0.5, 0.6) is 0 Å². The maximum absolute atomic E-state index is 5.79. The van der Waals surface area contributed by atoms with E-state index in [0.29, 0.717) is 0 Å². The van der Waals surface area contributed by atoms with Gasteiger partial charge in [0.25, 0.3) is 0 Å². The van der Waals surface area contributed by atoms with Crippen molar-refractivity contribution in [2.24, 2.45) is 5.92 Å². The van der Waals surface area contributed by atoms with E-state index in [2.05, 4.69) is 272 Å². The number of aromatic nitrogens is 4. The number of allylic oxidation sites excluding steroid dienone is 4. The van der Waals surface area contributed by atoms with Crippen molar-refractivity contribution in [2.45, 2.75) is 23.2 Å². The summed E-state index contributed by atoms with van der Waals surface area (Å²) in [4.78, 5) is 20.4. The fraction of sp³-hybridized carbons (Fsp3) is 0.0617. The minimum Gasteiger partial charge on any atom is -0.264 e. The minimum absolute atomic E-state index is 0.151. The normalized spacial score (nSPS) is 18.2. The van der Waals surface area contributed by atoms with E-state index in [1.807, 2.05) is 36.9 Å². The number of rotatable bonds is 6. The average molecular weight is 1080 g/mol. The summed E-state index contributed by atoms with van der Waals surface area (Å²) >= 11 is 0. The molecule has 0 aliphatic heterocycles.